The van der Waals surface area contributed by atoms with Crippen molar-refractivity contribution in [3.8, 4) is 0 Å². The fraction of sp³-hybridized carbons (Fsp3) is 0.571. The highest BCUT2D eigenvalue weighted by molar-refractivity contribution is 6.30. The van der Waals surface area contributed by atoms with Gasteiger partial charge in [0.15, 0.2) is 0 Å². The van der Waals surface area contributed by atoms with Crippen LogP contribution in [-0.4, -0.2) is 13.1 Å². The average molecular weight is 254 g/mol. The number of rotatable bonds is 2. The van der Waals surface area contributed by atoms with Crippen LogP contribution >= 0.6 is 11.6 Å². The number of fused-ring (bicyclic) bond motifs is 1. The van der Waals surface area contributed by atoms with Gasteiger partial charge in [0.05, 0.1) is 5.69 Å². The lowest BCUT2D eigenvalue weighted by atomic mass is 10.0. The van der Waals surface area contributed by atoms with Crippen LogP contribution in [0.25, 0.3) is 0 Å². The van der Waals surface area contributed by atoms with Gasteiger partial charge in [-0.2, -0.15) is 0 Å². The van der Waals surface area contributed by atoms with Crippen molar-refractivity contribution >= 4 is 17.3 Å². The van der Waals surface area contributed by atoms with Gasteiger partial charge in [-0.25, -0.2) is 4.39 Å². The monoisotopic (exact) mass is 253 g/mol. The van der Waals surface area contributed by atoms with Crippen molar-refractivity contribution in [2.45, 2.75) is 13.8 Å². The molecule has 1 aromatic rings. The van der Waals surface area contributed by atoms with Crippen LogP contribution in [0.3, 0.4) is 0 Å². The summed E-state index contributed by atoms with van der Waals surface area (Å²) in [6.07, 6.45) is 0. The van der Waals surface area contributed by atoms with Gasteiger partial charge in [-0.05, 0) is 41.9 Å². The normalized spacial score (nSPS) is 30.9. The third kappa shape index (κ3) is 1.83. The minimum Gasteiger partial charge on any atom is -0.369 e. The van der Waals surface area contributed by atoms with Gasteiger partial charge in [0.25, 0.3) is 0 Å². The first-order chi connectivity index (χ1) is 8.08. The van der Waals surface area contributed by atoms with Crippen LogP contribution in [0.4, 0.5) is 10.1 Å². The van der Waals surface area contributed by atoms with Crippen molar-refractivity contribution in [2.24, 2.45) is 23.7 Å². The average Bonchev–Trinajstić information content (AvgIpc) is 2.76. The second-order valence-electron chi connectivity index (χ2n) is 5.65. The highest BCUT2D eigenvalue weighted by atomic mass is 35.5. The van der Waals surface area contributed by atoms with E-state index >= 15 is 0 Å². The molecule has 0 N–H and O–H groups in total. The fourth-order valence-corrected chi connectivity index (χ4v) is 3.65. The van der Waals surface area contributed by atoms with Gasteiger partial charge in [0, 0.05) is 18.1 Å². The van der Waals surface area contributed by atoms with Crippen molar-refractivity contribution in [3.05, 3.63) is 29.0 Å². The van der Waals surface area contributed by atoms with Crippen LogP contribution in [0, 0.1) is 29.5 Å². The lowest BCUT2D eigenvalue weighted by Crippen LogP contribution is -2.25. The van der Waals surface area contributed by atoms with Gasteiger partial charge in [-0.3, -0.25) is 0 Å². The van der Waals surface area contributed by atoms with E-state index in [1.54, 1.807) is 12.1 Å². The third-order valence-electron chi connectivity index (χ3n) is 4.28. The standard InChI is InChI=1S/C14H17ClFN/c1-8(2)14-10-6-17(7-11(10)14)13-4-3-9(15)5-12(13)16/h3-5,8,10-11,14H,6-7H2,1-2H3. The maximum atomic E-state index is 13.8. The number of nitrogens with zero attached hydrogens (tertiary/aromatic N) is 1. The summed E-state index contributed by atoms with van der Waals surface area (Å²) in [6, 6.07) is 4.97. The molecular formula is C14H17ClFN. The largest absolute Gasteiger partial charge is 0.369 e. The first-order valence-corrected chi connectivity index (χ1v) is 6.65. The molecule has 92 valence electrons. The van der Waals surface area contributed by atoms with E-state index in [1.165, 1.54) is 6.07 Å². The highest BCUT2D eigenvalue weighted by Crippen LogP contribution is 2.56. The zero-order valence-electron chi connectivity index (χ0n) is 10.2. The van der Waals surface area contributed by atoms with Crippen molar-refractivity contribution in [1.82, 2.24) is 0 Å². The van der Waals surface area contributed by atoms with E-state index in [0.29, 0.717) is 10.7 Å². The first-order valence-electron chi connectivity index (χ1n) is 6.28. The Kier molecular flexibility index (Phi) is 2.58. The Hall–Kier alpha value is -0.760. The molecule has 2 atom stereocenters. The van der Waals surface area contributed by atoms with E-state index < -0.39 is 0 Å². The van der Waals surface area contributed by atoms with E-state index in [-0.39, 0.29) is 5.82 Å². The third-order valence-corrected chi connectivity index (χ3v) is 4.52. The molecule has 1 heterocycles. The molecule has 1 aliphatic carbocycles. The first kappa shape index (κ1) is 11.3. The Morgan fingerprint density at radius 1 is 1.29 bits per heavy atom. The van der Waals surface area contributed by atoms with Gasteiger partial charge < -0.3 is 4.90 Å². The van der Waals surface area contributed by atoms with Gasteiger partial charge in [-0.15, -0.1) is 0 Å². The summed E-state index contributed by atoms with van der Waals surface area (Å²) < 4.78 is 13.8. The SMILES string of the molecule is CC(C)C1C2CN(c3ccc(Cl)cc3F)CC21. The van der Waals surface area contributed by atoms with Gasteiger partial charge >= 0.3 is 0 Å². The minimum absolute atomic E-state index is 0.195. The predicted molar refractivity (Wildman–Crippen MR) is 68.9 cm³/mol. The fourth-order valence-electron chi connectivity index (χ4n) is 3.50. The Labute approximate surface area is 107 Å². The van der Waals surface area contributed by atoms with E-state index in [0.717, 1.165) is 36.8 Å². The summed E-state index contributed by atoms with van der Waals surface area (Å²) >= 11 is 5.77. The van der Waals surface area contributed by atoms with Crippen LogP contribution in [0.5, 0.6) is 0 Å². The number of anilines is 1. The molecule has 1 saturated heterocycles. The number of benzene rings is 1. The Bertz CT molecular complexity index is 434. The van der Waals surface area contributed by atoms with Gasteiger partial charge in [-0.1, -0.05) is 25.4 Å². The van der Waals surface area contributed by atoms with E-state index in [4.69, 9.17) is 11.6 Å². The lowest BCUT2D eigenvalue weighted by Gasteiger charge is -2.23. The summed E-state index contributed by atoms with van der Waals surface area (Å²) in [5.41, 5.74) is 0.712. The summed E-state index contributed by atoms with van der Waals surface area (Å²) in [7, 11) is 0. The number of hydrogen-bond donors (Lipinski definition) is 0. The van der Waals surface area contributed by atoms with E-state index in [2.05, 4.69) is 18.7 Å². The van der Waals surface area contributed by atoms with Gasteiger partial charge in [0.2, 0.25) is 0 Å². The van der Waals surface area contributed by atoms with Crippen LogP contribution in [0.2, 0.25) is 5.02 Å². The predicted octanol–water partition coefficient (Wildman–Crippen LogP) is 3.82. The molecule has 0 amide bonds. The van der Waals surface area contributed by atoms with E-state index in [9.17, 15) is 4.39 Å². The van der Waals surface area contributed by atoms with E-state index in [1.807, 2.05) is 0 Å². The molecule has 0 aromatic heterocycles. The summed E-state index contributed by atoms with van der Waals surface area (Å²) in [6.45, 7) is 6.59. The molecular weight excluding hydrogens is 237 g/mol. The lowest BCUT2D eigenvalue weighted by molar-refractivity contribution is 0.477. The molecule has 17 heavy (non-hydrogen) atoms. The van der Waals surface area contributed by atoms with Crippen LogP contribution in [0.1, 0.15) is 13.8 Å². The van der Waals surface area contributed by atoms with Crippen molar-refractivity contribution in [1.29, 1.82) is 0 Å². The second kappa shape index (κ2) is 3.88. The highest BCUT2D eigenvalue weighted by Gasteiger charge is 2.56. The molecule has 2 fully saturated rings. The van der Waals surface area contributed by atoms with Crippen LogP contribution in [0.15, 0.2) is 18.2 Å². The molecule has 3 heteroatoms. The maximum Gasteiger partial charge on any atom is 0.147 e. The van der Waals surface area contributed by atoms with Crippen LogP contribution in [-0.2, 0) is 0 Å². The zero-order valence-corrected chi connectivity index (χ0v) is 10.9. The van der Waals surface area contributed by atoms with Crippen molar-refractivity contribution < 1.29 is 4.39 Å². The Morgan fingerprint density at radius 2 is 1.94 bits per heavy atom. The molecule has 1 saturated carbocycles. The maximum absolute atomic E-state index is 13.8. The molecule has 2 unspecified atom stereocenters. The molecule has 0 radical (unpaired) electrons. The molecule has 0 spiro atoms. The molecule has 2 aliphatic rings. The molecule has 1 nitrogen and oxygen atoms in total. The topological polar surface area (TPSA) is 3.24 Å². The number of halogens is 2. The summed E-state index contributed by atoms with van der Waals surface area (Å²) in [5.74, 6) is 3.00. The van der Waals surface area contributed by atoms with Gasteiger partial charge in [0.1, 0.15) is 5.82 Å². The van der Waals surface area contributed by atoms with Crippen LogP contribution < -0.4 is 4.90 Å². The van der Waals surface area contributed by atoms with Crippen molar-refractivity contribution in [3.63, 3.8) is 0 Å². The molecule has 1 aromatic carbocycles. The second-order valence-corrected chi connectivity index (χ2v) is 6.09. The Morgan fingerprint density at radius 3 is 2.47 bits per heavy atom. The molecule has 3 rings (SSSR count). The molecule has 1 aliphatic heterocycles. The minimum atomic E-state index is -0.195. The quantitative estimate of drug-likeness (QED) is 0.775. The van der Waals surface area contributed by atoms with Crippen molar-refractivity contribution in [2.75, 3.05) is 18.0 Å². The summed E-state index contributed by atoms with van der Waals surface area (Å²) in [5, 5.41) is 0.468. The number of piperidine rings is 1. The zero-order chi connectivity index (χ0) is 12.2. The smallest absolute Gasteiger partial charge is 0.147 e. The number of hydrogen-bond acceptors (Lipinski definition) is 1. The molecule has 0 bridgehead atoms. The Balaban J connectivity index is 1.73. The summed E-state index contributed by atoms with van der Waals surface area (Å²) in [4.78, 5) is 2.17.